The Hall–Kier alpha value is -1.95. The summed E-state index contributed by atoms with van der Waals surface area (Å²) in [4.78, 5) is 23.7. The third kappa shape index (κ3) is 6.17. The zero-order chi connectivity index (χ0) is 11.8. The summed E-state index contributed by atoms with van der Waals surface area (Å²) < 4.78 is 0. The van der Waals surface area contributed by atoms with Crippen LogP contribution in [0.25, 0.3) is 0 Å². The van der Waals surface area contributed by atoms with Gasteiger partial charge in [-0.15, -0.1) is 0 Å². The Morgan fingerprint density at radius 1 is 1.53 bits per heavy atom. The van der Waals surface area contributed by atoms with E-state index in [1.807, 2.05) is 0 Å². The van der Waals surface area contributed by atoms with E-state index in [4.69, 9.17) is 16.6 Å². The van der Waals surface area contributed by atoms with Crippen LogP contribution in [0.15, 0.2) is 24.5 Å². The number of amides is 1. The number of primary amides is 1. The van der Waals surface area contributed by atoms with Crippen molar-refractivity contribution in [3.63, 3.8) is 0 Å². The van der Waals surface area contributed by atoms with Gasteiger partial charge in [-0.25, -0.2) is 0 Å². The van der Waals surface area contributed by atoms with Gasteiger partial charge < -0.3 is 16.6 Å². The number of aliphatic carboxylic acids is 1. The van der Waals surface area contributed by atoms with E-state index >= 15 is 0 Å². The summed E-state index contributed by atoms with van der Waals surface area (Å²) in [5.74, 6) is -1.40. The van der Waals surface area contributed by atoms with Gasteiger partial charge >= 0.3 is 5.97 Å². The molecule has 15 heavy (non-hydrogen) atoms. The minimum Gasteiger partial charge on any atom is -0.480 e. The molecule has 1 amide bonds. The number of carbonyl (C=O) groups is 2. The molecule has 0 aliphatic heterocycles. The zero-order valence-electron chi connectivity index (χ0n) is 8.25. The maximum atomic E-state index is 10.4. The molecule has 0 unspecified atom stereocenters. The number of pyridine rings is 1. The molecule has 0 aliphatic rings. The Labute approximate surface area is 86.9 Å². The molecule has 1 rings (SSSR count). The van der Waals surface area contributed by atoms with Gasteiger partial charge in [-0.2, -0.15) is 0 Å². The molecule has 0 bridgehead atoms. The third-order valence-corrected chi connectivity index (χ3v) is 1.34. The average molecular weight is 211 g/mol. The number of hydrogen-bond donors (Lipinski definition) is 3. The molecule has 6 nitrogen and oxygen atoms in total. The maximum Gasteiger partial charge on any atom is 0.320 e. The lowest BCUT2D eigenvalue weighted by Crippen LogP contribution is -2.25. The van der Waals surface area contributed by atoms with Crippen LogP contribution in [0, 0.1) is 0 Å². The summed E-state index contributed by atoms with van der Waals surface area (Å²) in [7, 11) is 0. The molecule has 1 atom stereocenters. The van der Waals surface area contributed by atoms with Crippen LogP contribution in [-0.4, -0.2) is 28.0 Å². The Balaban J connectivity index is 0.000000288. The Bertz CT molecular complexity index is 325. The van der Waals surface area contributed by atoms with Crippen molar-refractivity contribution in [1.29, 1.82) is 0 Å². The number of nitrogens with zero attached hydrogens (tertiary/aromatic N) is 1. The average Bonchev–Trinajstić information content (AvgIpc) is 2.20. The van der Waals surface area contributed by atoms with Gasteiger partial charge in [-0.1, -0.05) is 0 Å². The number of hydrogen-bond acceptors (Lipinski definition) is 4. The van der Waals surface area contributed by atoms with Crippen molar-refractivity contribution in [3.8, 4) is 0 Å². The van der Waals surface area contributed by atoms with Crippen LogP contribution in [0.3, 0.4) is 0 Å². The fourth-order valence-corrected chi connectivity index (χ4v) is 0.509. The molecule has 1 heterocycles. The molecule has 0 saturated carbocycles. The third-order valence-electron chi connectivity index (χ3n) is 1.34. The van der Waals surface area contributed by atoms with Gasteiger partial charge in [0.2, 0.25) is 5.91 Å². The first kappa shape index (κ1) is 13.1. The van der Waals surface area contributed by atoms with E-state index in [-0.39, 0.29) is 0 Å². The maximum absolute atomic E-state index is 10.4. The molecule has 0 fully saturated rings. The Kier molecular flexibility index (Phi) is 5.65. The van der Waals surface area contributed by atoms with E-state index < -0.39 is 17.9 Å². The molecule has 0 aromatic carbocycles. The molecule has 0 radical (unpaired) electrons. The smallest absolute Gasteiger partial charge is 0.320 e. The number of nitrogens with two attached hydrogens (primary N) is 2. The fourth-order valence-electron chi connectivity index (χ4n) is 0.509. The monoisotopic (exact) mass is 211 g/mol. The topological polar surface area (TPSA) is 119 Å². The predicted molar refractivity (Wildman–Crippen MR) is 54.0 cm³/mol. The summed E-state index contributed by atoms with van der Waals surface area (Å²) in [6.07, 6.45) is 3.02. The van der Waals surface area contributed by atoms with Gasteiger partial charge in [0.15, 0.2) is 0 Å². The Morgan fingerprint density at radius 3 is 2.27 bits per heavy atom. The summed E-state index contributed by atoms with van der Waals surface area (Å²) in [6.45, 7) is 1.42. The highest BCUT2D eigenvalue weighted by Gasteiger charge is 1.99. The first-order chi connectivity index (χ1) is 6.95. The molecule has 0 saturated heterocycles. The van der Waals surface area contributed by atoms with Gasteiger partial charge in [0.1, 0.15) is 6.04 Å². The quantitative estimate of drug-likeness (QED) is 0.614. The minimum atomic E-state index is -0.963. The van der Waals surface area contributed by atoms with Crippen LogP contribution in [0.1, 0.15) is 17.3 Å². The van der Waals surface area contributed by atoms with E-state index in [0.717, 1.165) is 0 Å². The van der Waals surface area contributed by atoms with Crippen LogP contribution in [-0.2, 0) is 4.79 Å². The van der Waals surface area contributed by atoms with Crippen molar-refractivity contribution in [1.82, 2.24) is 4.98 Å². The van der Waals surface area contributed by atoms with Crippen molar-refractivity contribution < 1.29 is 14.7 Å². The van der Waals surface area contributed by atoms with Gasteiger partial charge in [0.05, 0.1) is 5.56 Å². The van der Waals surface area contributed by atoms with Gasteiger partial charge in [0.25, 0.3) is 0 Å². The van der Waals surface area contributed by atoms with Crippen molar-refractivity contribution >= 4 is 11.9 Å². The van der Waals surface area contributed by atoms with E-state index in [1.165, 1.54) is 13.1 Å². The van der Waals surface area contributed by atoms with Crippen LogP contribution in [0.4, 0.5) is 0 Å². The number of carbonyl (C=O) groups excluding carboxylic acids is 1. The second-order valence-electron chi connectivity index (χ2n) is 2.73. The number of carboxylic acid groups (broad SMARTS) is 1. The van der Waals surface area contributed by atoms with Crippen LogP contribution >= 0.6 is 0 Å². The lowest BCUT2D eigenvalue weighted by atomic mass is 10.3. The molecule has 6 heteroatoms. The molecular formula is C9H13N3O3. The zero-order valence-corrected chi connectivity index (χ0v) is 8.25. The molecule has 1 aromatic heterocycles. The van der Waals surface area contributed by atoms with Crippen molar-refractivity contribution in [2.24, 2.45) is 11.5 Å². The highest BCUT2D eigenvalue weighted by atomic mass is 16.4. The summed E-state index contributed by atoms with van der Waals surface area (Å²) in [6, 6.07) is 2.56. The summed E-state index contributed by atoms with van der Waals surface area (Å²) in [5, 5.41) is 7.87. The van der Waals surface area contributed by atoms with E-state index in [9.17, 15) is 9.59 Å². The molecule has 5 N–H and O–H groups in total. The number of aromatic nitrogens is 1. The van der Waals surface area contributed by atoms with Crippen molar-refractivity contribution in [2.75, 3.05) is 0 Å². The van der Waals surface area contributed by atoms with Crippen molar-refractivity contribution in [3.05, 3.63) is 30.1 Å². The normalized spacial score (nSPS) is 10.8. The van der Waals surface area contributed by atoms with Crippen LogP contribution in [0.2, 0.25) is 0 Å². The van der Waals surface area contributed by atoms with Crippen LogP contribution < -0.4 is 11.5 Å². The van der Waals surface area contributed by atoms with Crippen molar-refractivity contribution in [2.45, 2.75) is 13.0 Å². The van der Waals surface area contributed by atoms with Gasteiger partial charge in [-0.3, -0.25) is 14.6 Å². The lowest BCUT2D eigenvalue weighted by Gasteiger charge is -1.90. The second kappa shape index (κ2) is 6.50. The number of rotatable bonds is 2. The molecular weight excluding hydrogens is 198 g/mol. The number of carboxylic acids is 1. The van der Waals surface area contributed by atoms with Gasteiger partial charge in [0, 0.05) is 12.4 Å². The highest BCUT2D eigenvalue weighted by molar-refractivity contribution is 5.92. The fraction of sp³-hybridized carbons (Fsp3) is 0.222. The van der Waals surface area contributed by atoms with E-state index in [1.54, 1.807) is 18.3 Å². The minimum absolute atomic E-state index is 0.442. The summed E-state index contributed by atoms with van der Waals surface area (Å²) >= 11 is 0. The molecule has 1 aromatic rings. The summed E-state index contributed by atoms with van der Waals surface area (Å²) in [5.41, 5.74) is 10.2. The largest absolute Gasteiger partial charge is 0.480 e. The Morgan fingerprint density at radius 2 is 2.07 bits per heavy atom. The highest BCUT2D eigenvalue weighted by Crippen LogP contribution is 1.91. The SMILES string of the molecule is C[C@H](N)C(=O)O.NC(=O)c1cccnc1. The van der Waals surface area contributed by atoms with Crippen LogP contribution in [0.5, 0.6) is 0 Å². The van der Waals surface area contributed by atoms with Gasteiger partial charge in [-0.05, 0) is 19.1 Å². The standard InChI is InChI=1S/C6H6N2O.C3H7NO2/c7-6(9)5-2-1-3-8-4-5;1-2(4)3(5)6/h1-4H,(H2,7,9);2H,4H2,1H3,(H,5,6)/t;2-/m.0/s1. The van der Waals surface area contributed by atoms with E-state index in [2.05, 4.69) is 4.98 Å². The predicted octanol–water partition coefficient (Wildman–Crippen LogP) is -0.401. The molecule has 82 valence electrons. The second-order valence-corrected chi connectivity index (χ2v) is 2.73. The molecule has 0 spiro atoms. The van der Waals surface area contributed by atoms with E-state index in [0.29, 0.717) is 5.56 Å². The molecule has 0 aliphatic carbocycles. The lowest BCUT2D eigenvalue weighted by molar-refractivity contribution is -0.138. The first-order valence-corrected chi connectivity index (χ1v) is 4.13. The first-order valence-electron chi connectivity index (χ1n) is 4.13.